The Kier molecular flexibility index (Phi) is 4.90. The Balaban J connectivity index is 2.80. The molecule has 2 aromatic carbocycles. The normalized spacial score (nSPS) is 13.2. The molecule has 1 nitrogen and oxygen atoms in total. The SMILES string of the molecule is OC(c1cccc(Br)c1)(c1cccc(Br)c1)C(F)(F)C(F)(F)F. The zero-order chi connectivity index (χ0) is 17.5. The molecule has 0 heterocycles. The molecule has 0 spiro atoms. The van der Waals surface area contributed by atoms with Crippen molar-refractivity contribution in [2.45, 2.75) is 17.7 Å². The Bertz CT molecular complexity index is 670. The van der Waals surface area contributed by atoms with E-state index >= 15 is 0 Å². The van der Waals surface area contributed by atoms with E-state index in [1.807, 2.05) is 0 Å². The van der Waals surface area contributed by atoms with Gasteiger partial charge in [-0.05, 0) is 35.4 Å². The maximum Gasteiger partial charge on any atom is 0.457 e. The van der Waals surface area contributed by atoms with E-state index in [9.17, 15) is 27.1 Å². The van der Waals surface area contributed by atoms with Crippen molar-refractivity contribution in [3.05, 3.63) is 68.6 Å². The average Bonchev–Trinajstić information content (AvgIpc) is 2.45. The quantitative estimate of drug-likeness (QED) is 0.588. The van der Waals surface area contributed by atoms with Crippen molar-refractivity contribution in [1.82, 2.24) is 0 Å². The predicted octanol–water partition coefficient (Wildman–Crippen LogP) is 5.65. The van der Waals surface area contributed by atoms with E-state index in [1.54, 1.807) is 0 Å². The van der Waals surface area contributed by atoms with Crippen molar-refractivity contribution in [2.24, 2.45) is 0 Å². The minimum atomic E-state index is -5.94. The lowest BCUT2D eigenvalue weighted by atomic mass is 9.80. The third-order valence-corrected chi connectivity index (χ3v) is 4.28. The Morgan fingerprint density at radius 1 is 0.739 bits per heavy atom. The molecular weight excluding hydrogens is 451 g/mol. The lowest BCUT2D eigenvalue weighted by Gasteiger charge is -2.37. The highest BCUT2D eigenvalue weighted by Gasteiger charge is 2.71. The molecule has 0 saturated heterocycles. The lowest BCUT2D eigenvalue weighted by Crippen LogP contribution is -2.55. The van der Waals surface area contributed by atoms with Gasteiger partial charge in [0.1, 0.15) is 0 Å². The first-order valence-corrected chi connectivity index (χ1v) is 7.78. The van der Waals surface area contributed by atoms with Crippen LogP contribution in [-0.2, 0) is 5.60 Å². The second-order valence-corrected chi connectivity index (χ2v) is 6.63. The van der Waals surface area contributed by atoms with Crippen molar-refractivity contribution in [3.8, 4) is 0 Å². The molecule has 0 radical (unpaired) electrons. The van der Waals surface area contributed by atoms with Crippen LogP contribution in [0.15, 0.2) is 57.5 Å². The monoisotopic (exact) mass is 458 g/mol. The molecule has 0 amide bonds. The Hall–Kier alpha value is -0.990. The summed E-state index contributed by atoms with van der Waals surface area (Å²) in [6.45, 7) is 0. The van der Waals surface area contributed by atoms with Crippen LogP contribution >= 0.6 is 31.9 Å². The number of hydrogen-bond acceptors (Lipinski definition) is 1. The molecule has 2 rings (SSSR count). The number of rotatable bonds is 3. The van der Waals surface area contributed by atoms with Crippen LogP contribution in [0.1, 0.15) is 11.1 Å². The molecule has 0 atom stereocenters. The lowest BCUT2D eigenvalue weighted by molar-refractivity contribution is -0.336. The van der Waals surface area contributed by atoms with E-state index in [2.05, 4.69) is 31.9 Å². The van der Waals surface area contributed by atoms with Gasteiger partial charge in [0, 0.05) is 8.95 Å². The topological polar surface area (TPSA) is 20.2 Å². The fourth-order valence-corrected chi connectivity index (χ4v) is 2.96. The van der Waals surface area contributed by atoms with Crippen LogP contribution in [0.25, 0.3) is 0 Å². The van der Waals surface area contributed by atoms with Crippen molar-refractivity contribution < 1.29 is 27.1 Å². The third kappa shape index (κ3) is 3.16. The fraction of sp³-hybridized carbons (Fsp3) is 0.200. The molecule has 0 aliphatic rings. The first kappa shape index (κ1) is 18.4. The first-order valence-electron chi connectivity index (χ1n) is 6.19. The van der Waals surface area contributed by atoms with Gasteiger partial charge < -0.3 is 5.11 Å². The van der Waals surface area contributed by atoms with E-state index in [0.717, 1.165) is 24.3 Å². The van der Waals surface area contributed by atoms with Crippen LogP contribution in [0.5, 0.6) is 0 Å². The number of alkyl halides is 5. The number of hydrogen-bond donors (Lipinski definition) is 1. The Labute approximate surface area is 145 Å². The molecule has 124 valence electrons. The van der Waals surface area contributed by atoms with E-state index in [-0.39, 0.29) is 8.95 Å². The standard InChI is InChI=1S/C15H9Br2F5O/c16-11-5-1-3-9(7-11)13(23,14(18,19)15(20,21)22)10-4-2-6-12(17)8-10/h1-8,23H. The van der Waals surface area contributed by atoms with Gasteiger partial charge in [0.05, 0.1) is 0 Å². The molecule has 1 N–H and O–H groups in total. The maximum absolute atomic E-state index is 14.2. The molecule has 0 aliphatic heterocycles. The van der Waals surface area contributed by atoms with Crippen molar-refractivity contribution in [2.75, 3.05) is 0 Å². The van der Waals surface area contributed by atoms with Gasteiger partial charge in [0.2, 0.25) is 0 Å². The van der Waals surface area contributed by atoms with Gasteiger partial charge in [-0.15, -0.1) is 0 Å². The van der Waals surface area contributed by atoms with Crippen molar-refractivity contribution in [1.29, 1.82) is 0 Å². The molecule has 8 heteroatoms. The largest absolute Gasteiger partial charge is 0.457 e. The minimum Gasteiger partial charge on any atom is -0.374 e. The van der Waals surface area contributed by atoms with Gasteiger partial charge in [-0.3, -0.25) is 0 Å². The smallest absolute Gasteiger partial charge is 0.374 e. The van der Waals surface area contributed by atoms with Crippen LogP contribution in [0, 0.1) is 0 Å². The summed E-state index contributed by atoms with van der Waals surface area (Å²) in [5.41, 5.74) is -4.72. The predicted molar refractivity (Wildman–Crippen MR) is 82.3 cm³/mol. The van der Waals surface area contributed by atoms with Gasteiger partial charge in [-0.1, -0.05) is 56.1 Å². The van der Waals surface area contributed by atoms with Crippen molar-refractivity contribution >= 4 is 31.9 Å². The van der Waals surface area contributed by atoms with E-state index in [0.29, 0.717) is 0 Å². The minimum absolute atomic E-state index is 0.265. The second-order valence-electron chi connectivity index (χ2n) is 4.80. The number of halogens is 7. The average molecular weight is 460 g/mol. The molecule has 0 bridgehead atoms. The fourth-order valence-electron chi connectivity index (χ4n) is 2.16. The molecule has 0 fully saturated rings. The summed E-state index contributed by atoms with van der Waals surface area (Å²) in [6, 6.07) is 9.55. The van der Waals surface area contributed by atoms with Gasteiger partial charge in [-0.25, -0.2) is 0 Å². The Morgan fingerprint density at radius 2 is 1.13 bits per heavy atom. The van der Waals surface area contributed by atoms with Crippen LogP contribution in [0.2, 0.25) is 0 Å². The summed E-state index contributed by atoms with van der Waals surface area (Å²) >= 11 is 6.02. The highest BCUT2D eigenvalue weighted by molar-refractivity contribution is 9.10. The summed E-state index contributed by atoms with van der Waals surface area (Å²) < 4.78 is 67.9. The van der Waals surface area contributed by atoms with Crippen LogP contribution < -0.4 is 0 Å². The molecule has 0 aliphatic carbocycles. The summed E-state index contributed by atoms with van der Waals surface area (Å²) in [7, 11) is 0. The van der Waals surface area contributed by atoms with E-state index in [4.69, 9.17) is 0 Å². The van der Waals surface area contributed by atoms with E-state index in [1.165, 1.54) is 24.3 Å². The number of aliphatic hydroxyl groups is 1. The highest BCUT2D eigenvalue weighted by atomic mass is 79.9. The van der Waals surface area contributed by atoms with Gasteiger partial charge in [-0.2, -0.15) is 22.0 Å². The summed E-state index contributed by atoms with van der Waals surface area (Å²) in [5.74, 6) is -5.40. The second kappa shape index (κ2) is 6.14. The van der Waals surface area contributed by atoms with Crippen LogP contribution in [-0.4, -0.2) is 17.2 Å². The zero-order valence-electron chi connectivity index (χ0n) is 11.2. The third-order valence-electron chi connectivity index (χ3n) is 3.30. The van der Waals surface area contributed by atoms with Crippen LogP contribution in [0.4, 0.5) is 22.0 Å². The molecule has 0 aromatic heterocycles. The summed E-state index contributed by atoms with van der Waals surface area (Å²) in [6.07, 6.45) is -5.94. The van der Waals surface area contributed by atoms with Gasteiger partial charge in [0.15, 0.2) is 5.60 Å². The number of benzene rings is 2. The Morgan fingerprint density at radius 3 is 1.43 bits per heavy atom. The summed E-state index contributed by atoms with van der Waals surface area (Å²) in [5, 5.41) is 10.6. The van der Waals surface area contributed by atoms with Crippen molar-refractivity contribution in [3.63, 3.8) is 0 Å². The van der Waals surface area contributed by atoms with Gasteiger partial charge in [0.25, 0.3) is 0 Å². The van der Waals surface area contributed by atoms with Crippen LogP contribution in [0.3, 0.4) is 0 Å². The molecule has 23 heavy (non-hydrogen) atoms. The zero-order valence-corrected chi connectivity index (χ0v) is 14.4. The maximum atomic E-state index is 14.2. The van der Waals surface area contributed by atoms with E-state index < -0.39 is 28.8 Å². The molecule has 2 aromatic rings. The molecule has 0 unspecified atom stereocenters. The molecule has 0 saturated carbocycles. The van der Waals surface area contributed by atoms with Gasteiger partial charge >= 0.3 is 12.1 Å². The first-order chi connectivity index (χ1) is 10.5. The molecular formula is C15H9Br2F5O. The highest BCUT2D eigenvalue weighted by Crippen LogP contribution is 2.52. The summed E-state index contributed by atoms with van der Waals surface area (Å²) in [4.78, 5) is 0.